The molecule has 1 aromatic carbocycles. The smallest absolute Gasteiger partial charge is 0.0485 e. The summed E-state index contributed by atoms with van der Waals surface area (Å²) in [5.74, 6) is 0. The van der Waals surface area contributed by atoms with Gasteiger partial charge in [-0.2, -0.15) is 0 Å². The standard InChI is InChI=1S/C13H19N3/c1-4-16-9-10(8-15(2)3)12-7-11(14)5-6-13(12)16/h5-7,9H,4,8,14H2,1-3H3. The zero-order chi connectivity index (χ0) is 11.7. The van der Waals surface area contributed by atoms with Gasteiger partial charge in [-0.1, -0.05) is 0 Å². The summed E-state index contributed by atoms with van der Waals surface area (Å²) >= 11 is 0. The zero-order valence-electron chi connectivity index (χ0n) is 10.2. The van der Waals surface area contributed by atoms with Gasteiger partial charge in [-0.25, -0.2) is 0 Å². The normalized spacial score (nSPS) is 11.5. The Balaban J connectivity index is 2.59. The van der Waals surface area contributed by atoms with Gasteiger partial charge in [0.05, 0.1) is 0 Å². The first-order valence-corrected chi connectivity index (χ1v) is 5.63. The monoisotopic (exact) mass is 217 g/mol. The number of benzene rings is 1. The average molecular weight is 217 g/mol. The number of hydrogen-bond acceptors (Lipinski definition) is 2. The van der Waals surface area contributed by atoms with E-state index in [-0.39, 0.29) is 0 Å². The van der Waals surface area contributed by atoms with Crippen molar-refractivity contribution in [2.45, 2.75) is 20.0 Å². The molecule has 0 spiro atoms. The second kappa shape index (κ2) is 4.18. The molecule has 3 nitrogen and oxygen atoms in total. The van der Waals surface area contributed by atoms with Gasteiger partial charge in [0.2, 0.25) is 0 Å². The number of aryl methyl sites for hydroxylation is 1. The number of anilines is 1. The number of fused-ring (bicyclic) bond motifs is 1. The van der Waals surface area contributed by atoms with Gasteiger partial charge in [0.25, 0.3) is 0 Å². The maximum absolute atomic E-state index is 5.85. The van der Waals surface area contributed by atoms with Crippen molar-refractivity contribution in [2.24, 2.45) is 0 Å². The van der Waals surface area contributed by atoms with E-state index >= 15 is 0 Å². The van der Waals surface area contributed by atoms with Crippen molar-refractivity contribution in [3.05, 3.63) is 30.0 Å². The van der Waals surface area contributed by atoms with Crippen molar-refractivity contribution in [1.82, 2.24) is 9.47 Å². The van der Waals surface area contributed by atoms with E-state index in [4.69, 9.17) is 5.73 Å². The maximum atomic E-state index is 5.85. The summed E-state index contributed by atoms with van der Waals surface area (Å²) in [6.45, 7) is 4.11. The lowest BCUT2D eigenvalue weighted by Gasteiger charge is -2.07. The molecule has 1 heterocycles. The number of nitrogen functional groups attached to an aromatic ring is 1. The second-order valence-electron chi connectivity index (χ2n) is 4.45. The largest absolute Gasteiger partial charge is 0.399 e. The van der Waals surface area contributed by atoms with Gasteiger partial charge in [0.1, 0.15) is 0 Å². The molecule has 0 unspecified atom stereocenters. The number of hydrogen-bond donors (Lipinski definition) is 1. The first kappa shape index (κ1) is 11.0. The summed E-state index contributed by atoms with van der Waals surface area (Å²) in [5.41, 5.74) is 9.30. The van der Waals surface area contributed by atoms with Crippen molar-refractivity contribution in [3.8, 4) is 0 Å². The van der Waals surface area contributed by atoms with E-state index in [2.05, 4.69) is 48.8 Å². The number of aromatic nitrogens is 1. The molecular weight excluding hydrogens is 198 g/mol. The average Bonchev–Trinajstić information content (AvgIpc) is 2.55. The lowest BCUT2D eigenvalue weighted by molar-refractivity contribution is 0.403. The first-order chi connectivity index (χ1) is 7.61. The molecule has 2 aromatic rings. The van der Waals surface area contributed by atoms with Crippen LogP contribution in [0.1, 0.15) is 12.5 Å². The first-order valence-electron chi connectivity index (χ1n) is 5.63. The molecule has 0 saturated heterocycles. The second-order valence-corrected chi connectivity index (χ2v) is 4.45. The van der Waals surface area contributed by atoms with E-state index in [1.165, 1.54) is 16.5 Å². The fraction of sp³-hybridized carbons (Fsp3) is 0.385. The summed E-state index contributed by atoms with van der Waals surface area (Å²) in [6.07, 6.45) is 2.23. The maximum Gasteiger partial charge on any atom is 0.0485 e. The van der Waals surface area contributed by atoms with Crippen LogP contribution in [0, 0.1) is 0 Å². The summed E-state index contributed by atoms with van der Waals surface area (Å²) in [5, 5.41) is 1.27. The number of rotatable bonds is 3. The van der Waals surface area contributed by atoms with Crippen LogP contribution in [0.25, 0.3) is 10.9 Å². The van der Waals surface area contributed by atoms with Crippen LogP contribution in [0.3, 0.4) is 0 Å². The van der Waals surface area contributed by atoms with Gasteiger partial charge in [0, 0.05) is 35.9 Å². The predicted molar refractivity (Wildman–Crippen MR) is 69.4 cm³/mol. The van der Waals surface area contributed by atoms with Gasteiger partial charge in [-0.05, 0) is 44.8 Å². The molecule has 0 saturated carbocycles. The molecule has 86 valence electrons. The van der Waals surface area contributed by atoms with E-state index in [1.54, 1.807) is 0 Å². The summed E-state index contributed by atoms with van der Waals surface area (Å²) in [6, 6.07) is 6.14. The highest BCUT2D eigenvalue weighted by Gasteiger charge is 2.08. The molecule has 0 bridgehead atoms. The van der Waals surface area contributed by atoms with Crippen molar-refractivity contribution in [2.75, 3.05) is 19.8 Å². The van der Waals surface area contributed by atoms with Crippen LogP contribution in [-0.2, 0) is 13.1 Å². The lowest BCUT2D eigenvalue weighted by Crippen LogP contribution is -2.10. The fourth-order valence-electron chi connectivity index (χ4n) is 2.12. The molecule has 0 radical (unpaired) electrons. The van der Waals surface area contributed by atoms with Crippen LogP contribution in [0.5, 0.6) is 0 Å². The van der Waals surface area contributed by atoms with Crippen LogP contribution in [-0.4, -0.2) is 23.6 Å². The molecule has 16 heavy (non-hydrogen) atoms. The van der Waals surface area contributed by atoms with Crippen molar-refractivity contribution >= 4 is 16.6 Å². The van der Waals surface area contributed by atoms with Gasteiger partial charge < -0.3 is 15.2 Å². The van der Waals surface area contributed by atoms with Crippen molar-refractivity contribution in [1.29, 1.82) is 0 Å². The SMILES string of the molecule is CCn1cc(CN(C)C)c2cc(N)ccc21. The Morgan fingerprint density at radius 2 is 2.06 bits per heavy atom. The molecular formula is C13H19N3. The molecule has 0 aliphatic rings. The van der Waals surface area contributed by atoms with Gasteiger partial charge >= 0.3 is 0 Å². The Bertz CT molecular complexity index is 497. The third kappa shape index (κ3) is 1.91. The van der Waals surface area contributed by atoms with E-state index < -0.39 is 0 Å². The molecule has 0 atom stereocenters. The molecule has 0 fully saturated rings. The fourth-order valence-corrected chi connectivity index (χ4v) is 2.12. The Kier molecular flexibility index (Phi) is 2.88. The molecule has 0 amide bonds. The summed E-state index contributed by atoms with van der Waals surface area (Å²) in [4.78, 5) is 2.18. The van der Waals surface area contributed by atoms with Gasteiger partial charge in [-0.3, -0.25) is 0 Å². The minimum atomic E-state index is 0.835. The molecule has 1 aromatic heterocycles. The highest BCUT2D eigenvalue weighted by atomic mass is 15.1. The Morgan fingerprint density at radius 3 is 2.69 bits per heavy atom. The highest BCUT2D eigenvalue weighted by Crippen LogP contribution is 2.24. The zero-order valence-corrected chi connectivity index (χ0v) is 10.2. The van der Waals surface area contributed by atoms with E-state index in [0.717, 1.165) is 18.8 Å². The third-order valence-corrected chi connectivity index (χ3v) is 2.81. The molecule has 0 aliphatic carbocycles. The molecule has 0 aliphatic heterocycles. The topological polar surface area (TPSA) is 34.2 Å². The molecule has 3 heteroatoms. The highest BCUT2D eigenvalue weighted by molar-refractivity contribution is 5.86. The summed E-state index contributed by atoms with van der Waals surface area (Å²) in [7, 11) is 4.17. The number of nitrogens with two attached hydrogens (primary N) is 1. The van der Waals surface area contributed by atoms with Crippen molar-refractivity contribution in [3.63, 3.8) is 0 Å². The van der Waals surface area contributed by atoms with Gasteiger partial charge in [0.15, 0.2) is 0 Å². The molecule has 2 N–H and O–H groups in total. The van der Waals surface area contributed by atoms with Gasteiger partial charge in [-0.15, -0.1) is 0 Å². The minimum absolute atomic E-state index is 0.835. The predicted octanol–water partition coefficient (Wildman–Crippen LogP) is 2.31. The van der Waals surface area contributed by atoms with Crippen LogP contribution in [0.2, 0.25) is 0 Å². The Morgan fingerprint density at radius 1 is 1.31 bits per heavy atom. The third-order valence-electron chi connectivity index (χ3n) is 2.81. The lowest BCUT2D eigenvalue weighted by atomic mass is 10.1. The van der Waals surface area contributed by atoms with Crippen molar-refractivity contribution < 1.29 is 0 Å². The van der Waals surface area contributed by atoms with Crippen LogP contribution in [0.15, 0.2) is 24.4 Å². The van der Waals surface area contributed by atoms with E-state index in [1.807, 2.05) is 6.07 Å². The Labute approximate surface area is 96.5 Å². The Hall–Kier alpha value is -1.48. The summed E-state index contributed by atoms with van der Waals surface area (Å²) < 4.78 is 2.27. The van der Waals surface area contributed by atoms with E-state index in [9.17, 15) is 0 Å². The molecule has 2 rings (SSSR count). The minimum Gasteiger partial charge on any atom is -0.399 e. The van der Waals surface area contributed by atoms with Crippen LogP contribution < -0.4 is 5.73 Å². The quantitative estimate of drug-likeness (QED) is 0.800. The van der Waals surface area contributed by atoms with Crippen LogP contribution in [0.4, 0.5) is 5.69 Å². The number of nitrogens with zero attached hydrogens (tertiary/aromatic N) is 2. The van der Waals surface area contributed by atoms with E-state index in [0.29, 0.717) is 0 Å². The van der Waals surface area contributed by atoms with Crippen LogP contribution >= 0.6 is 0 Å².